The maximum Gasteiger partial charge on any atom is 0.323 e. The second-order valence-corrected chi connectivity index (χ2v) is 4.87. The molecule has 0 fully saturated rings. The van der Waals surface area contributed by atoms with E-state index in [4.69, 9.17) is 4.74 Å². The summed E-state index contributed by atoms with van der Waals surface area (Å²) in [7, 11) is 0. The van der Waals surface area contributed by atoms with Crippen molar-refractivity contribution < 1.29 is 13.9 Å². The van der Waals surface area contributed by atoms with Gasteiger partial charge in [0.2, 0.25) is 0 Å². The number of rotatable bonds is 2. The van der Waals surface area contributed by atoms with Gasteiger partial charge >= 0.3 is 6.03 Å². The average Bonchev–Trinajstić information content (AvgIpc) is 2.85. The molecule has 2 aromatic rings. The molecule has 2 heterocycles. The minimum absolute atomic E-state index is 0.288. The smallest absolute Gasteiger partial charge is 0.323 e. The average molecular weight is 305 g/mol. The van der Waals surface area contributed by atoms with Crippen LogP contribution < -0.4 is 10.1 Å². The Balaban J connectivity index is 1.71. The lowest BCUT2D eigenvalue weighted by atomic mass is 10.2. The van der Waals surface area contributed by atoms with Crippen molar-refractivity contribution in [1.29, 1.82) is 0 Å². The van der Waals surface area contributed by atoms with Gasteiger partial charge in [0, 0.05) is 11.6 Å². The minimum Gasteiger partial charge on any atom is -0.491 e. The summed E-state index contributed by atoms with van der Waals surface area (Å²) in [5.74, 6) is 0.524. The van der Waals surface area contributed by atoms with Crippen molar-refractivity contribution in [2.75, 3.05) is 18.5 Å². The predicted molar refractivity (Wildman–Crippen MR) is 77.0 cm³/mol. The Bertz CT molecular complexity index is 688. The first-order chi connectivity index (χ1) is 10.7. The highest BCUT2D eigenvalue weighted by atomic mass is 19.1. The van der Waals surface area contributed by atoms with Crippen LogP contribution in [0.3, 0.4) is 0 Å². The van der Waals surface area contributed by atoms with Crippen molar-refractivity contribution in [3.05, 3.63) is 35.8 Å². The quantitative estimate of drug-likeness (QED) is 0.919. The van der Waals surface area contributed by atoms with Crippen LogP contribution >= 0.6 is 0 Å². The van der Waals surface area contributed by atoms with Gasteiger partial charge in [0.05, 0.1) is 25.8 Å². The van der Waals surface area contributed by atoms with Crippen molar-refractivity contribution in [3.63, 3.8) is 0 Å². The molecule has 116 valence electrons. The standard InChI is InChI=1S/C14H16FN5O2/c1-2-20-16-8-13(18-20)17-14(21)19-5-6-22-12-7-11(15)4-3-10(12)9-19/h3-4,7-8H,2,5-6,9H2,1H3,(H,17,18,21). The molecule has 7 nitrogen and oxygen atoms in total. The number of amides is 2. The molecule has 0 unspecified atom stereocenters. The first kappa shape index (κ1) is 14.3. The number of nitrogens with zero attached hydrogens (tertiary/aromatic N) is 4. The number of halogens is 1. The fraction of sp³-hybridized carbons (Fsp3) is 0.357. The van der Waals surface area contributed by atoms with E-state index in [2.05, 4.69) is 15.5 Å². The number of anilines is 1. The van der Waals surface area contributed by atoms with Crippen molar-refractivity contribution in [3.8, 4) is 5.75 Å². The SMILES string of the molecule is CCn1ncc(NC(=O)N2CCOc3cc(F)ccc3C2)n1. The van der Waals surface area contributed by atoms with E-state index in [-0.39, 0.29) is 11.8 Å². The molecule has 2 amide bonds. The molecule has 3 rings (SSSR count). The molecule has 1 N–H and O–H groups in total. The summed E-state index contributed by atoms with van der Waals surface area (Å²) in [6.45, 7) is 3.61. The Morgan fingerprint density at radius 1 is 1.50 bits per heavy atom. The third-order valence-corrected chi connectivity index (χ3v) is 3.35. The molecule has 0 radical (unpaired) electrons. The van der Waals surface area contributed by atoms with Crippen LogP contribution in [0.5, 0.6) is 5.75 Å². The van der Waals surface area contributed by atoms with Gasteiger partial charge in [-0.1, -0.05) is 6.07 Å². The first-order valence-electron chi connectivity index (χ1n) is 7.03. The summed E-state index contributed by atoms with van der Waals surface area (Å²) in [5, 5.41) is 10.8. The number of carbonyl (C=O) groups excluding carboxylic acids is 1. The van der Waals surface area contributed by atoms with Gasteiger partial charge in [-0.15, -0.1) is 5.10 Å². The zero-order valence-corrected chi connectivity index (χ0v) is 12.1. The molecule has 1 aromatic carbocycles. The second kappa shape index (κ2) is 6.00. The van der Waals surface area contributed by atoms with Crippen LogP contribution in [0.15, 0.2) is 24.4 Å². The lowest BCUT2D eigenvalue weighted by molar-refractivity contribution is 0.200. The van der Waals surface area contributed by atoms with Gasteiger partial charge in [-0.3, -0.25) is 5.32 Å². The molecule has 22 heavy (non-hydrogen) atoms. The predicted octanol–water partition coefficient (Wildman–Crippen LogP) is 1.86. The molecule has 0 aliphatic carbocycles. The number of fused-ring (bicyclic) bond motifs is 1. The Kier molecular flexibility index (Phi) is 3.90. The summed E-state index contributed by atoms with van der Waals surface area (Å²) in [4.78, 5) is 15.4. The normalized spacial score (nSPS) is 14.0. The highest BCUT2D eigenvalue weighted by molar-refractivity contribution is 5.88. The molecule has 0 saturated heterocycles. The van der Waals surface area contributed by atoms with Crippen molar-refractivity contribution >= 4 is 11.8 Å². The number of nitrogens with one attached hydrogen (secondary N) is 1. The number of aromatic nitrogens is 3. The fourth-order valence-electron chi connectivity index (χ4n) is 2.21. The second-order valence-electron chi connectivity index (χ2n) is 4.87. The van der Waals surface area contributed by atoms with Gasteiger partial charge in [-0.2, -0.15) is 9.90 Å². The Morgan fingerprint density at radius 3 is 3.14 bits per heavy atom. The van der Waals surface area contributed by atoms with Crippen LogP contribution in [0, 0.1) is 5.82 Å². The van der Waals surface area contributed by atoms with Crippen LogP contribution in [-0.2, 0) is 13.1 Å². The fourth-order valence-corrected chi connectivity index (χ4v) is 2.21. The topological polar surface area (TPSA) is 72.3 Å². The molecule has 8 heteroatoms. The highest BCUT2D eigenvalue weighted by Crippen LogP contribution is 2.24. The Hall–Kier alpha value is -2.64. The van der Waals surface area contributed by atoms with Crippen LogP contribution in [0.25, 0.3) is 0 Å². The summed E-state index contributed by atoms with van der Waals surface area (Å²) in [6.07, 6.45) is 1.50. The number of aryl methyl sites for hydroxylation is 1. The maximum absolute atomic E-state index is 13.2. The largest absolute Gasteiger partial charge is 0.491 e. The van der Waals surface area contributed by atoms with Gasteiger partial charge in [0.15, 0.2) is 5.82 Å². The van der Waals surface area contributed by atoms with Crippen LogP contribution in [0.2, 0.25) is 0 Å². The van der Waals surface area contributed by atoms with E-state index in [1.54, 1.807) is 11.0 Å². The van der Waals surface area contributed by atoms with Crippen LogP contribution in [0.4, 0.5) is 15.0 Å². The molecule has 0 saturated carbocycles. The van der Waals surface area contributed by atoms with Crippen molar-refractivity contribution in [2.45, 2.75) is 20.0 Å². The van der Waals surface area contributed by atoms with Gasteiger partial charge in [-0.05, 0) is 13.0 Å². The lowest BCUT2D eigenvalue weighted by Gasteiger charge is -2.19. The minimum atomic E-state index is -0.354. The first-order valence-corrected chi connectivity index (χ1v) is 7.03. The number of benzene rings is 1. The molecule has 0 spiro atoms. The summed E-state index contributed by atoms with van der Waals surface area (Å²) < 4.78 is 18.7. The molecular weight excluding hydrogens is 289 g/mol. The molecular formula is C14H16FN5O2. The van der Waals surface area contributed by atoms with E-state index in [1.807, 2.05) is 6.92 Å². The van der Waals surface area contributed by atoms with E-state index in [0.717, 1.165) is 5.56 Å². The summed E-state index contributed by atoms with van der Waals surface area (Å²) in [6, 6.07) is 4.04. The summed E-state index contributed by atoms with van der Waals surface area (Å²) >= 11 is 0. The van der Waals surface area contributed by atoms with E-state index < -0.39 is 0 Å². The van der Waals surface area contributed by atoms with E-state index in [1.165, 1.54) is 23.1 Å². The van der Waals surface area contributed by atoms with Gasteiger partial charge in [0.1, 0.15) is 18.2 Å². The van der Waals surface area contributed by atoms with E-state index in [9.17, 15) is 9.18 Å². The molecule has 0 atom stereocenters. The molecule has 1 aliphatic heterocycles. The summed E-state index contributed by atoms with van der Waals surface area (Å²) in [5.41, 5.74) is 0.770. The Morgan fingerprint density at radius 2 is 2.36 bits per heavy atom. The van der Waals surface area contributed by atoms with Crippen molar-refractivity contribution in [1.82, 2.24) is 19.9 Å². The zero-order chi connectivity index (χ0) is 15.5. The van der Waals surface area contributed by atoms with E-state index >= 15 is 0 Å². The number of hydrogen-bond acceptors (Lipinski definition) is 4. The highest BCUT2D eigenvalue weighted by Gasteiger charge is 2.21. The van der Waals surface area contributed by atoms with Gasteiger partial charge < -0.3 is 9.64 Å². The zero-order valence-electron chi connectivity index (χ0n) is 12.1. The monoisotopic (exact) mass is 305 g/mol. The molecule has 1 aliphatic rings. The number of carbonyl (C=O) groups is 1. The van der Waals surface area contributed by atoms with Gasteiger partial charge in [-0.25, -0.2) is 9.18 Å². The van der Waals surface area contributed by atoms with Crippen LogP contribution in [-0.4, -0.2) is 39.1 Å². The Labute approximate surface area is 126 Å². The molecule has 1 aromatic heterocycles. The van der Waals surface area contributed by atoms with Crippen LogP contribution in [0.1, 0.15) is 12.5 Å². The lowest BCUT2D eigenvalue weighted by Crippen LogP contribution is -2.36. The maximum atomic E-state index is 13.2. The number of hydrogen-bond donors (Lipinski definition) is 1. The molecule has 0 bridgehead atoms. The number of urea groups is 1. The van der Waals surface area contributed by atoms with E-state index in [0.29, 0.717) is 37.8 Å². The van der Waals surface area contributed by atoms with Crippen molar-refractivity contribution in [2.24, 2.45) is 0 Å². The van der Waals surface area contributed by atoms with Gasteiger partial charge in [0.25, 0.3) is 0 Å². The number of ether oxygens (including phenoxy) is 1. The third-order valence-electron chi connectivity index (χ3n) is 3.35. The third kappa shape index (κ3) is 3.00.